The Kier molecular flexibility index (Phi) is 2.73. The first-order valence-electron chi connectivity index (χ1n) is 5.21. The smallest absolute Gasteiger partial charge is 0.407 e. The number of benzene rings is 1. The standard InChI is InChI=1S/C12H15NO3/c1-7-5-10(15-3)8(2)4-9(7)11-6-13-12(14)16-11/h4-5,11H,6H2,1-3H3,(H,13,14). The Bertz CT molecular complexity index is 429. The second-order valence-electron chi connectivity index (χ2n) is 3.95. The molecule has 1 fully saturated rings. The molecule has 1 heterocycles. The quantitative estimate of drug-likeness (QED) is 0.831. The van der Waals surface area contributed by atoms with Crippen LogP contribution in [0.4, 0.5) is 4.79 Å². The molecule has 1 saturated heterocycles. The molecule has 0 aliphatic carbocycles. The first-order valence-corrected chi connectivity index (χ1v) is 5.21. The van der Waals surface area contributed by atoms with Gasteiger partial charge in [0.15, 0.2) is 0 Å². The van der Waals surface area contributed by atoms with E-state index in [0.29, 0.717) is 6.54 Å². The molecule has 0 saturated carbocycles. The summed E-state index contributed by atoms with van der Waals surface area (Å²) in [5.74, 6) is 0.860. The van der Waals surface area contributed by atoms with Crippen LogP contribution in [0.15, 0.2) is 12.1 Å². The van der Waals surface area contributed by atoms with Gasteiger partial charge < -0.3 is 14.8 Å². The Labute approximate surface area is 94.6 Å². The summed E-state index contributed by atoms with van der Waals surface area (Å²) in [7, 11) is 1.65. The molecule has 4 heteroatoms. The molecule has 0 radical (unpaired) electrons. The van der Waals surface area contributed by atoms with Crippen molar-refractivity contribution in [3.63, 3.8) is 0 Å². The van der Waals surface area contributed by atoms with Gasteiger partial charge in [0.2, 0.25) is 0 Å². The zero-order valence-electron chi connectivity index (χ0n) is 9.66. The summed E-state index contributed by atoms with van der Waals surface area (Å²) in [4.78, 5) is 11.0. The van der Waals surface area contributed by atoms with E-state index >= 15 is 0 Å². The molecular formula is C12H15NO3. The van der Waals surface area contributed by atoms with Gasteiger partial charge in [-0.15, -0.1) is 0 Å². The van der Waals surface area contributed by atoms with Crippen molar-refractivity contribution >= 4 is 6.09 Å². The normalized spacial score (nSPS) is 19.2. The van der Waals surface area contributed by atoms with Crippen LogP contribution in [0.1, 0.15) is 22.8 Å². The van der Waals surface area contributed by atoms with Crippen LogP contribution in [-0.2, 0) is 4.74 Å². The number of hydrogen-bond donors (Lipinski definition) is 1. The summed E-state index contributed by atoms with van der Waals surface area (Å²) in [6, 6.07) is 3.98. The number of ether oxygens (including phenoxy) is 2. The number of amides is 1. The maximum absolute atomic E-state index is 11.0. The van der Waals surface area contributed by atoms with Crippen molar-refractivity contribution in [2.75, 3.05) is 13.7 Å². The summed E-state index contributed by atoms with van der Waals surface area (Å²) < 4.78 is 10.4. The van der Waals surface area contributed by atoms with Crippen LogP contribution in [0.2, 0.25) is 0 Å². The van der Waals surface area contributed by atoms with E-state index in [1.165, 1.54) is 0 Å². The van der Waals surface area contributed by atoms with Crippen LogP contribution < -0.4 is 10.1 Å². The third-order valence-electron chi connectivity index (χ3n) is 2.81. The minimum absolute atomic E-state index is 0.183. The SMILES string of the molecule is COc1cc(C)c(C2CNC(=O)O2)cc1C. The Morgan fingerprint density at radius 2 is 2.12 bits per heavy atom. The largest absolute Gasteiger partial charge is 0.496 e. The Balaban J connectivity index is 2.34. The second kappa shape index (κ2) is 4.04. The predicted octanol–water partition coefficient (Wildman–Crippen LogP) is 2.09. The van der Waals surface area contributed by atoms with Crippen molar-refractivity contribution in [3.05, 3.63) is 28.8 Å². The number of rotatable bonds is 2. The molecule has 1 aromatic carbocycles. The molecule has 4 nitrogen and oxygen atoms in total. The van der Waals surface area contributed by atoms with E-state index in [1.54, 1.807) is 7.11 Å². The maximum atomic E-state index is 11.0. The molecule has 1 aromatic rings. The van der Waals surface area contributed by atoms with Crippen LogP contribution in [0, 0.1) is 13.8 Å². The third kappa shape index (κ3) is 1.83. The highest BCUT2D eigenvalue weighted by molar-refractivity contribution is 5.70. The molecule has 1 amide bonds. The lowest BCUT2D eigenvalue weighted by atomic mass is 10.00. The lowest BCUT2D eigenvalue weighted by Gasteiger charge is -2.14. The molecule has 16 heavy (non-hydrogen) atoms. The Morgan fingerprint density at radius 1 is 1.38 bits per heavy atom. The van der Waals surface area contributed by atoms with Crippen molar-refractivity contribution in [1.29, 1.82) is 0 Å². The molecule has 1 N–H and O–H groups in total. The lowest BCUT2D eigenvalue weighted by Crippen LogP contribution is -2.12. The van der Waals surface area contributed by atoms with Gasteiger partial charge in [-0.25, -0.2) is 4.79 Å². The fourth-order valence-corrected chi connectivity index (χ4v) is 1.94. The predicted molar refractivity (Wildman–Crippen MR) is 59.7 cm³/mol. The van der Waals surface area contributed by atoms with E-state index in [0.717, 1.165) is 22.4 Å². The number of carbonyl (C=O) groups is 1. The van der Waals surface area contributed by atoms with Crippen LogP contribution in [0.25, 0.3) is 0 Å². The van der Waals surface area contributed by atoms with E-state index < -0.39 is 0 Å². The first kappa shape index (κ1) is 10.8. The molecule has 0 aromatic heterocycles. The van der Waals surface area contributed by atoms with E-state index in [2.05, 4.69) is 5.32 Å². The highest BCUT2D eigenvalue weighted by atomic mass is 16.6. The molecule has 1 atom stereocenters. The number of alkyl carbamates (subject to hydrolysis) is 1. The molecule has 0 bridgehead atoms. The van der Waals surface area contributed by atoms with Crippen LogP contribution in [0.3, 0.4) is 0 Å². The minimum Gasteiger partial charge on any atom is -0.496 e. The molecule has 1 aliphatic rings. The van der Waals surface area contributed by atoms with Crippen molar-refractivity contribution < 1.29 is 14.3 Å². The van der Waals surface area contributed by atoms with Crippen LogP contribution >= 0.6 is 0 Å². The topological polar surface area (TPSA) is 47.6 Å². The third-order valence-corrected chi connectivity index (χ3v) is 2.81. The van der Waals surface area contributed by atoms with Crippen molar-refractivity contribution in [3.8, 4) is 5.75 Å². The molecule has 86 valence electrons. The number of hydrogen-bond acceptors (Lipinski definition) is 3. The molecular weight excluding hydrogens is 206 g/mol. The Morgan fingerprint density at radius 3 is 2.69 bits per heavy atom. The van der Waals surface area contributed by atoms with Gasteiger partial charge in [-0.05, 0) is 42.7 Å². The summed E-state index contributed by atoms with van der Waals surface area (Å²) in [6.45, 7) is 4.50. The summed E-state index contributed by atoms with van der Waals surface area (Å²) in [5.41, 5.74) is 3.16. The van der Waals surface area contributed by atoms with Gasteiger partial charge in [0.1, 0.15) is 11.9 Å². The van der Waals surface area contributed by atoms with Gasteiger partial charge in [-0.3, -0.25) is 0 Å². The average molecular weight is 221 g/mol. The van der Waals surface area contributed by atoms with Crippen molar-refractivity contribution in [1.82, 2.24) is 5.32 Å². The molecule has 1 aliphatic heterocycles. The van der Waals surface area contributed by atoms with Gasteiger partial charge in [-0.1, -0.05) is 0 Å². The zero-order chi connectivity index (χ0) is 11.7. The van der Waals surface area contributed by atoms with Crippen molar-refractivity contribution in [2.24, 2.45) is 0 Å². The fraction of sp³-hybridized carbons (Fsp3) is 0.417. The van der Waals surface area contributed by atoms with E-state index in [-0.39, 0.29) is 12.2 Å². The van der Waals surface area contributed by atoms with Crippen molar-refractivity contribution in [2.45, 2.75) is 20.0 Å². The van der Waals surface area contributed by atoms with Crippen LogP contribution in [-0.4, -0.2) is 19.7 Å². The molecule has 1 unspecified atom stereocenters. The van der Waals surface area contributed by atoms with Gasteiger partial charge >= 0.3 is 6.09 Å². The minimum atomic E-state index is -0.349. The highest BCUT2D eigenvalue weighted by Crippen LogP contribution is 2.29. The van der Waals surface area contributed by atoms with E-state index in [1.807, 2.05) is 26.0 Å². The first-order chi connectivity index (χ1) is 7.61. The van der Waals surface area contributed by atoms with Gasteiger partial charge in [0, 0.05) is 0 Å². The average Bonchev–Trinajstić information content (AvgIpc) is 2.67. The van der Waals surface area contributed by atoms with Gasteiger partial charge in [0.05, 0.1) is 13.7 Å². The van der Waals surface area contributed by atoms with Crippen LogP contribution in [0.5, 0.6) is 5.75 Å². The fourth-order valence-electron chi connectivity index (χ4n) is 1.94. The summed E-state index contributed by atoms with van der Waals surface area (Å²) >= 11 is 0. The number of methoxy groups -OCH3 is 1. The van der Waals surface area contributed by atoms with Gasteiger partial charge in [-0.2, -0.15) is 0 Å². The number of carbonyl (C=O) groups excluding carboxylic acids is 1. The Hall–Kier alpha value is -1.71. The number of cyclic esters (lactones) is 1. The van der Waals surface area contributed by atoms with Gasteiger partial charge in [0.25, 0.3) is 0 Å². The maximum Gasteiger partial charge on any atom is 0.407 e. The monoisotopic (exact) mass is 221 g/mol. The number of nitrogens with one attached hydrogen (secondary N) is 1. The summed E-state index contributed by atoms with van der Waals surface area (Å²) in [6.07, 6.45) is -0.532. The summed E-state index contributed by atoms with van der Waals surface area (Å²) in [5, 5.41) is 2.65. The van der Waals surface area contributed by atoms with E-state index in [9.17, 15) is 4.79 Å². The van der Waals surface area contributed by atoms with E-state index in [4.69, 9.17) is 9.47 Å². The highest BCUT2D eigenvalue weighted by Gasteiger charge is 2.25. The second-order valence-corrected chi connectivity index (χ2v) is 3.95. The lowest BCUT2D eigenvalue weighted by molar-refractivity contribution is 0.141. The zero-order valence-corrected chi connectivity index (χ0v) is 9.66. The molecule has 2 rings (SSSR count). The molecule has 0 spiro atoms. The number of aryl methyl sites for hydroxylation is 2.